The van der Waals surface area contributed by atoms with Gasteiger partial charge in [-0.05, 0) is 24.6 Å². The van der Waals surface area contributed by atoms with Gasteiger partial charge in [0.15, 0.2) is 0 Å². The zero-order chi connectivity index (χ0) is 8.10. The first-order valence-electron chi connectivity index (χ1n) is 4.06. The van der Waals surface area contributed by atoms with E-state index in [1.165, 1.54) is 12.8 Å². The van der Waals surface area contributed by atoms with Gasteiger partial charge in [0, 0.05) is 19.5 Å². The van der Waals surface area contributed by atoms with Crippen LogP contribution >= 0.6 is 12.2 Å². The summed E-state index contributed by atoms with van der Waals surface area (Å²) in [5.41, 5.74) is 0. The monoisotopic (exact) mass is 171 g/mol. The van der Waals surface area contributed by atoms with Gasteiger partial charge in [-0.2, -0.15) is 0 Å². The van der Waals surface area contributed by atoms with Crippen LogP contribution in [0.3, 0.4) is 0 Å². The van der Waals surface area contributed by atoms with Crippen molar-refractivity contribution in [1.82, 2.24) is 4.90 Å². The molecule has 0 N–H and O–H groups in total. The van der Waals surface area contributed by atoms with Crippen LogP contribution in [0, 0.1) is 0 Å². The quantitative estimate of drug-likeness (QED) is 0.598. The molecular formula is C8H13NOS. The molecule has 0 aromatic rings. The van der Waals surface area contributed by atoms with Gasteiger partial charge in [0.25, 0.3) is 0 Å². The largest absolute Gasteiger partial charge is 0.343 e. The van der Waals surface area contributed by atoms with Crippen molar-refractivity contribution in [3.63, 3.8) is 0 Å². The van der Waals surface area contributed by atoms with Crippen LogP contribution in [-0.2, 0) is 4.79 Å². The zero-order valence-corrected chi connectivity index (χ0v) is 7.40. The van der Waals surface area contributed by atoms with E-state index in [0.29, 0.717) is 6.42 Å². The molecule has 0 bridgehead atoms. The Morgan fingerprint density at radius 2 is 2.09 bits per heavy atom. The van der Waals surface area contributed by atoms with Crippen LogP contribution < -0.4 is 0 Å². The summed E-state index contributed by atoms with van der Waals surface area (Å²) in [5, 5.41) is 1.63. The highest BCUT2D eigenvalue weighted by Crippen LogP contribution is 2.09. The molecule has 11 heavy (non-hydrogen) atoms. The Hall–Kier alpha value is -0.440. The van der Waals surface area contributed by atoms with Gasteiger partial charge < -0.3 is 4.90 Å². The van der Waals surface area contributed by atoms with E-state index in [2.05, 4.69) is 12.2 Å². The molecule has 1 heterocycles. The van der Waals surface area contributed by atoms with E-state index >= 15 is 0 Å². The second-order valence-electron chi connectivity index (χ2n) is 2.79. The number of hydrogen-bond donors (Lipinski definition) is 0. The van der Waals surface area contributed by atoms with Crippen molar-refractivity contribution in [3.8, 4) is 0 Å². The Balaban J connectivity index is 2.22. The van der Waals surface area contributed by atoms with Gasteiger partial charge in [0.2, 0.25) is 5.91 Å². The lowest BCUT2D eigenvalue weighted by atomic mass is 10.3. The van der Waals surface area contributed by atoms with Crippen molar-refractivity contribution in [1.29, 1.82) is 0 Å². The highest BCUT2D eigenvalue weighted by atomic mass is 32.1. The molecule has 1 saturated heterocycles. The molecule has 0 aromatic heterocycles. The third-order valence-corrected chi connectivity index (χ3v) is 2.17. The van der Waals surface area contributed by atoms with Crippen molar-refractivity contribution >= 4 is 23.5 Å². The first kappa shape index (κ1) is 8.65. The van der Waals surface area contributed by atoms with Crippen LogP contribution in [0.1, 0.15) is 25.7 Å². The van der Waals surface area contributed by atoms with Crippen LogP contribution in [0.15, 0.2) is 0 Å². The van der Waals surface area contributed by atoms with E-state index in [1.54, 1.807) is 5.37 Å². The molecule has 0 aromatic carbocycles. The second kappa shape index (κ2) is 4.44. The lowest BCUT2D eigenvalue weighted by molar-refractivity contribution is -0.129. The van der Waals surface area contributed by atoms with Crippen LogP contribution in [0.5, 0.6) is 0 Å². The molecule has 0 unspecified atom stereocenters. The Labute approximate surface area is 72.6 Å². The fourth-order valence-electron chi connectivity index (χ4n) is 1.31. The molecule has 0 saturated carbocycles. The molecule has 2 nitrogen and oxygen atoms in total. The maximum Gasteiger partial charge on any atom is 0.222 e. The van der Waals surface area contributed by atoms with Crippen molar-refractivity contribution in [3.05, 3.63) is 0 Å². The second-order valence-corrected chi connectivity index (χ2v) is 3.13. The van der Waals surface area contributed by atoms with Gasteiger partial charge in [-0.3, -0.25) is 4.79 Å². The van der Waals surface area contributed by atoms with Gasteiger partial charge in [0.05, 0.1) is 0 Å². The highest BCUT2D eigenvalue weighted by molar-refractivity contribution is 7.78. The van der Waals surface area contributed by atoms with E-state index in [4.69, 9.17) is 0 Å². The van der Waals surface area contributed by atoms with E-state index < -0.39 is 0 Å². The first-order valence-corrected chi connectivity index (χ1v) is 4.53. The van der Waals surface area contributed by atoms with E-state index in [-0.39, 0.29) is 5.91 Å². The Morgan fingerprint density at radius 3 is 2.64 bits per heavy atom. The number of hydrogen-bond acceptors (Lipinski definition) is 2. The smallest absolute Gasteiger partial charge is 0.222 e. The molecule has 0 spiro atoms. The third-order valence-electron chi connectivity index (χ3n) is 1.93. The third kappa shape index (κ3) is 2.58. The van der Waals surface area contributed by atoms with Gasteiger partial charge in [-0.25, -0.2) is 0 Å². The maximum atomic E-state index is 11.3. The minimum atomic E-state index is 0.267. The SMILES string of the molecule is O=C(CCC=S)N1CCCC1. The molecule has 0 radical (unpaired) electrons. The molecule has 3 heteroatoms. The highest BCUT2D eigenvalue weighted by Gasteiger charge is 2.16. The average molecular weight is 171 g/mol. The van der Waals surface area contributed by atoms with Gasteiger partial charge in [-0.15, -0.1) is 0 Å². The molecule has 0 aliphatic carbocycles. The van der Waals surface area contributed by atoms with Gasteiger partial charge in [0.1, 0.15) is 0 Å². The summed E-state index contributed by atoms with van der Waals surface area (Å²) in [5.74, 6) is 0.267. The standard InChI is InChI=1S/C8H13NOS/c10-8(4-3-7-11)9-5-1-2-6-9/h7H,1-6H2. The molecule has 1 amide bonds. The van der Waals surface area contributed by atoms with E-state index in [0.717, 1.165) is 19.5 Å². The summed E-state index contributed by atoms with van der Waals surface area (Å²) in [6.45, 7) is 1.91. The van der Waals surface area contributed by atoms with Crippen molar-refractivity contribution in [2.45, 2.75) is 25.7 Å². The topological polar surface area (TPSA) is 20.3 Å². The fraction of sp³-hybridized carbons (Fsp3) is 0.750. The summed E-state index contributed by atoms with van der Waals surface area (Å²) in [6.07, 6.45) is 3.68. The molecule has 1 aliphatic rings. The van der Waals surface area contributed by atoms with Crippen molar-refractivity contribution in [2.24, 2.45) is 0 Å². The summed E-state index contributed by atoms with van der Waals surface area (Å²) < 4.78 is 0. The lowest BCUT2D eigenvalue weighted by Crippen LogP contribution is -2.27. The summed E-state index contributed by atoms with van der Waals surface area (Å²) in [7, 11) is 0. The van der Waals surface area contributed by atoms with E-state index in [1.807, 2.05) is 4.90 Å². The normalized spacial score (nSPS) is 16.9. The number of carbonyl (C=O) groups excluding carboxylic acids is 1. The summed E-state index contributed by atoms with van der Waals surface area (Å²) in [6, 6.07) is 0. The predicted molar refractivity (Wildman–Crippen MR) is 48.7 cm³/mol. The number of amides is 1. The summed E-state index contributed by atoms with van der Waals surface area (Å²) in [4.78, 5) is 13.2. The van der Waals surface area contributed by atoms with Crippen LogP contribution in [0.2, 0.25) is 0 Å². The first-order chi connectivity index (χ1) is 5.34. The maximum absolute atomic E-state index is 11.3. The summed E-state index contributed by atoms with van der Waals surface area (Å²) >= 11 is 4.65. The van der Waals surface area contributed by atoms with Crippen molar-refractivity contribution < 1.29 is 4.79 Å². The minimum Gasteiger partial charge on any atom is -0.343 e. The number of carbonyl (C=O) groups is 1. The van der Waals surface area contributed by atoms with Crippen LogP contribution in [0.25, 0.3) is 0 Å². The predicted octanol–water partition coefficient (Wildman–Crippen LogP) is 1.39. The molecule has 62 valence electrons. The molecule has 1 aliphatic heterocycles. The zero-order valence-electron chi connectivity index (χ0n) is 6.58. The molecule has 0 atom stereocenters. The lowest BCUT2D eigenvalue weighted by Gasteiger charge is -2.13. The molecular weight excluding hydrogens is 158 g/mol. The Morgan fingerprint density at radius 1 is 1.45 bits per heavy atom. The molecule has 1 rings (SSSR count). The van der Waals surface area contributed by atoms with Gasteiger partial charge in [-0.1, -0.05) is 12.2 Å². The van der Waals surface area contributed by atoms with Crippen LogP contribution in [-0.4, -0.2) is 29.3 Å². The number of rotatable bonds is 3. The van der Waals surface area contributed by atoms with Crippen molar-refractivity contribution in [2.75, 3.05) is 13.1 Å². The van der Waals surface area contributed by atoms with Gasteiger partial charge >= 0.3 is 0 Å². The Bertz CT molecular complexity index is 152. The minimum absolute atomic E-state index is 0.267. The number of thiocarbonyl (C=S) groups is 1. The molecule has 1 fully saturated rings. The fourth-order valence-corrected chi connectivity index (χ4v) is 1.42. The average Bonchev–Trinajstić information content (AvgIpc) is 2.52. The van der Waals surface area contributed by atoms with Crippen LogP contribution in [0.4, 0.5) is 0 Å². The number of likely N-dealkylation sites (tertiary alicyclic amines) is 1. The number of nitrogens with zero attached hydrogens (tertiary/aromatic N) is 1. The Kier molecular flexibility index (Phi) is 3.49. The van der Waals surface area contributed by atoms with E-state index in [9.17, 15) is 4.79 Å².